The number of carbonyl (C=O) groups excluding carboxylic acids is 2. The number of esters is 1. The minimum Gasteiger partial charge on any atom is -0.496 e. The van der Waals surface area contributed by atoms with E-state index in [1.807, 2.05) is 0 Å². The number of hydrogen-bond donors (Lipinski definition) is 2. The highest BCUT2D eigenvalue weighted by molar-refractivity contribution is 7.89. The molecule has 8 nitrogen and oxygen atoms in total. The van der Waals surface area contributed by atoms with Gasteiger partial charge < -0.3 is 14.8 Å². The van der Waals surface area contributed by atoms with E-state index in [2.05, 4.69) is 5.32 Å². The molecule has 1 aliphatic carbocycles. The molecule has 0 bridgehead atoms. The van der Waals surface area contributed by atoms with Crippen LogP contribution in [0, 0.1) is 0 Å². The molecule has 1 aromatic rings. The molecular weight excluding hydrogens is 372 g/mol. The Labute approximate surface area is 159 Å². The summed E-state index contributed by atoms with van der Waals surface area (Å²) >= 11 is 0. The Hall–Kier alpha value is -2.13. The van der Waals surface area contributed by atoms with E-state index in [9.17, 15) is 18.0 Å². The number of methoxy groups -OCH3 is 1. The average molecular weight is 398 g/mol. The Morgan fingerprint density at radius 2 is 1.78 bits per heavy atom. The highest BCUT2D eigenvalue weighted by Crippen LogP contribution is 2.23. The number of ether oxygens (including phenoxy) is 2. The number of primary sulfonamides is 1. The van der Waals surface area contributed by atoms with Crippen molar-refractivity contribution in [2.75, 3.05) is 13.7 Å². The zero-order chi connectivity index (χ0) is 19.9. The Balaban J connectivity index is 1.97. The summed E-state index contributed by atoms with van der Waals surface area (Å²) in [4.78, 5) is 24.1. The van der Waals surface area contributed by atoms with Crippen LogP contribution in [0.15, 0.2) is 23.1 Å². The van der Waals surface area contributed by atoms with E-state index in [0.717, 1.165) is 31.7 Å². The van der Waals surface area contributed by atoms with Gasteiger partial charge in [-0.2, -0.15) is 0 Å². The smallest absolute Gasteiger partial charge is 0.342 e. The van der Waals surface area contributed by atoms with E-state index in [0.29, 0.717) is 0 Å². The number of sulfonamides is 1. The van der Waals surface area contributed by atoms with E-state index >= 15 is 0 Å². The molecule has 1 aliphatic rings. The Morgan fingerprint density at radius 3 is 2.37 bits per heavy atom. The first-order valence-electron chi connectivity index (χ1n) is 8.98. The second kappa shape index (κ2) is 9.70. The molecule has 27 heavy (non-hydrogen) atoms. The first kappa shape index (κ1) is 21.2. The van der Waals surface area contributed by atoms with Crippen molar-refractivity contribution in [3.05, 3.63) is 23.8 Å². The second-order valence-electron chi connectivity index (χ2n) is 6.59. The number of rotatable bonds is 6. The van der Waals surface area contributed by atoms with Crippen molar-refractivity contribution in [2.24, 2.45) is 5.14 Å². The molecule has 0 heterocycles. The van der Waals surface area contributed by atoms with Crippen LogP contribution in [0.2, 0.25) is 0 Å². The van der Waals surface area contributed by atoms with E-state index < -0.39 is 22.6 Å². The average Bonchev–Trinajstić information content (AvgIpc) is 2.60. The largest absolute Gasteiger partial charge is 0.496 e. The van der Waals surface area contributed by atoms with E-state index in [4.69, 9.17) is 14.6 Å². The van der Waals surface area contributed by atoms with Gasteiger partial charge in [-0.25, -0.2) is 18.4 Å². The Morgan fingerprint density at radius 1 is 1.15 bits per heavy atom. The molecule has 1 fully saturated rings. The molecule has 1 saturated carbocycles. The molecule has 150 valence electrons. The van der Waals surface area contributed by atoms with Gasteiger partial charge in [0.2, 0.25) is 10.0 Å². The third-order valence-corrected chi connectivity index (χ3v) is 5.44. The van der Waals surface area contributed by atoms with Gasteiger partial charge in [-0.3, -0.25) is 4.79 Å². The third-order valence-electron chi connectivity index (χ3n) is 4.52. The summed E-state index contributed by atoms with van der Waals surface area (Å²) in [5.41, 5.74) is -0.109. The molecule has 1 aromatic carbocycles. The summed E-state index contributed by atoms with van der Waals surface area (Å²) in [6.45, 7) is -0.446. The summed E-state index contributed by atoms with van der Waals surface area (Å²) in [6.07, 6.45) is 7.55. The van der Waals surface area contributed by atoms with Crippen LogP contribution < -0.4 is 15.2 Å². The fraction of sp³-hybridized carbons (Fsp3) is 0.556. The van der Waals surface area contributed by atoms with Crippen molar-refractivity contribution in [1.29, 1.82) is 0 Å². The number of benzene rings is 1. The Kier molecular flexibility index (Phi) is 7.61. The van der Waals surface area contributed by atoms with Crippen LogP contribution in [-0.4, -0.2) is 40.1 Å². The molecule has 1 amide bonds. The molecular formula is C18H26N2O6S. The number of carbonyl (C=O) groups is 2. The lowest BCUT2D eigenvalue weighted by atomic mass is 9.97. The monoisotopic (exact) mass is 398 g/mol. The fourth-order valence-electron chi connectivity index (χ4n) is 3.10. The van der Waals surface area contributed by atoms with Crippen LogP contribution in [-0.2, 0) is 19.6 Å². The lowest BCUT2D eigenvalue weighted by Gasteiger charge is -2.21. The van der Waals surface area contributed by atoms with E-state index in [-0.39, 0.29) is 28.2 Å². The van der Waals surface area contributed by atoms with E-state index in [1.54, 1.807) is 0 Å². The maximum absolute atomic E-state index is 12.3. The number of nitrogens with one attached hydrogen (secondary N) is 1. The minimum absolute atomic E-state index is 0.0942. The fourth-order valence-corrected chi connectivity index (χ4v) is 3.64. The Bertz CT molecular complexity index is 770. The maximum atomic E-state index is 12.3. The lowest BCUT2D eigenvalue weighted by molar-refractivity contribution is -0.125. The summed E-state index contributed by atoms with van der Waals surface area (Å²) in [6, 6.07) is 3.71. The molecule has 0 spiro atoms. The normalized spacial score (nSPS) is 16.1. The van der Waals surface area contributed by atoms with Gasteiger partial charge in [-0.05, 0) is 31.0 Å². The zero-order valence-electron chi connectivity index (χ0n) is 15.4. The van der Waals surface area contributed by atoms with Gasteiger partial charge in [-0.1, -0.05) is 32.1 Å². The lowest BCUT2D eigenvalue weighted by Crippen LogP contribution is -2.38. The zero-order valence-corrected chi connectivity index (χ0v) is 16.2. The van der Waals surface area contributed by atoms with Crippen LogP contribution in [0.25, 0.3) is 0 Å². The number of hydrogen-bond acceptors (Lipinski definition) is 6. The quantitative estimate of drug-likeness (QED) is 0.703. The van der Waals surface area contributed by atoms with Gasteiger partial charge >= 0.3 is 5.97 Å². The number of amides is 1. The van der Waals surface area contributed by atoms with Gasteiger partial charge in [0, 0.05) is 6.04 Å². The van der Waals surface area contributed by atoms with Gasteiger partial charge in [0.25, 0.3) is 5.91 Å². The summed E-state index contributed by atoms with van der Waals surface area (Å²) < 4.78 is 33.0. The van der Waals surface area contributed by atoms with Crippen molar-refractivity contribution >= 4 is 21.9 Å². The van der Waals surface area contributed by atoms with Crippen LogP contribution in [0.5, 0.6) is 5.75 Å². The van der Waals surface area contributed by atoms with Crippen molar-refractivity contribution in [1.82, 2.24) is 5.32 Å². The van der Waals surface area contributed by atoms with Crippen LogP contribution >= 0.6 is 0 Å². The summed E-state index contributed by atoms with van der Waals surface area (Å²) in [5.74, 6) is -1.10. The van der Waals surface area contributed by atoms with Crippen molar-refractivity contribution in [2.45, 2.75) is 55.9 Å². The van der Waals surface area contributed by atoms with Gasteiger partial charge in [0.05, 0.1) is 12.0 Å². The molecule has 0 radical (unpaired) electrons. The highest BCUT2D eigenvalue weighted by Gasteiger charge is 2.20. The molecule has 0 saturated heterocycles. The molecule has 2 rings (SSSR count). The van der Waals surface area contributed by atoms with Crippen molar-refractivity contribution < 1.29 is 27.5 Å². The van der Waals surface area contributed by atoms with Gasteiger partial charge in [-0.15, -0.1) is 0 Å². The topological polar surface area (TPSA) is 125 Å². The van der Waals surface area contributed by atoms with Crippen molar-refractivity contribution in [3.8, 4) is 5.75 Å². The maximum Gasteiger partial charge on any atom is 0.342 e. The van der Waals surface area contributed by atoms with Crippen molar-refractivity contribution in [3.63, 3.8) is 0 Å². The first-order valence-corrected chi connectivity index (χ1v) is 10.5. The van der Waals surface area contributed by atoms with Gasteiger partial charge in [0.15, 0.2) is 6.61 Å². The second-order valence-corrected chi connectivity index (χ2v) is 8.15. The molecule has 3 N–H and O–H groups in total. The molecule has 0 unspecified atom stereocenters. The summed E-state index contributed by atoms with van der Waals surface area (Å²) in [5, 5.41) is 7.98. The highest BCUT2D eigenvalue weighted by atomic mass is 32.2. The van der Waals surface area contributed by atoms with Gasteiger partial charge in [0.1, 0.15) is 11.3 Å². The van der Waals surface area contributed by atoms with E-state index in [1.165, 1.54) is 38.5 Å². The standard InChI is InChI=1S/C18H26N2O6S/c1-25-16-10-9-14(27(19,23)24)11-15(16)18(22)26-12-17(21)20-13-7-5-3-2-4-6-8-13/h9-11,13H,2-8,12H2,1H3,(H,20,21)(H2,19,23,24). The molecule has 9 heteroatoms. The van der Waals surface area contributed by atoms with Crippen LogP contribution in [0.4, 0.5) is 0 Å². The summed E-state index contributed by atoms with van der Waals surface area (Å²) in [7, 11) is -2.65. The van der Waals surface area contributed by atoms with Crippen LogP contribution in [0.3, 0.4) is 0 Å². The SMILES string of the molecule is COc1ccc(S(N)(=O)=O)cc1C(=O)OCC(=O)NC1CCCCCCC1. The molecule has 0 aromatic heterocycles. The minimum atomic E-state index is -3.98. The number of nitrogens with two attached hydrogens (primary N) is 1. The third kappa shape index (κ3) is 6.51. The first-order chi connectivity index (χ1) is 12.8. The van der Waals surface area contributed by atoms with Crippen LogP contribution in [0.1, 0.15) is 55.3 Å². The molecule has 0 aliphatic heterocycles. The predicted molar refractivity (Wildman–Crippen MR) is 98.9 cm³/mol. The molecule has 0 atom stereocenters. The predicted octanol–water partition coefficient (Wildman–Crippen LogP) is 1.73.